The minimum Gasteiger partial charge on any atom is -0.464 e. The van der Waals surface area contributed by atoms with E-state index in [0.717, 1.165) is 24.4 Å². The largest absolute Gasteiger partial charge is 0.464 e. The Labute approximate surface area is 99.8 Å². The van der Waals surface area contributed by atoms with Gasteiger partial charge in [0, 0.05) is 26.2 Å². The molecule has 1 N–H and O–H groups in total. The fourth-order valence-electron chi connectivity index (χ4n) is 2.17. The molecule has 96 valence electrons. The van der Waals surface area contributed by atoms with Gasteiger partial charge in [-0.3, -0.25) is 4.90 Å². The topological polar surface area (TPSA) is 28.4 Å². The number of hydrogen-bond donors (Lipinski definition) is 1. The van der Waals surface area contributed by atoms with E-state index in [2.05, 4.69) is 5.32 Å². The zero-order chi connectivity index (χ0) is 12.4. The van der Waals surface area contributed by atoms with Gasteiger partial charge in [-0.1, -0.05) is 0 Å². The number of aryl methyl sites for hydroxylation is 2. The number of rotatable bonds is 3. The molecule has 0 aliphatic carbocycles. The predicted molar refractivity (Wildman–Crippen MR) is 61.4 cm³/mol. The Balaban J connectivity index is 2.21. The number of nitrogens with zero attached hydrogens (tertiary/aromatic N) is 1. The summed E-state index contributed by atoms with van der Waals surface area (Å²) in [6.45, 7) is 6.45. The van der Waals surface area contributed by atoms with E-state index >= 15 is 0 Å². The molecule has 0 spiro atoms. The third-order valence-corrected chi connectivity index (χ3v) is 3.26. The molecule has 2 rings (SSSR count). The van der Waals surface area contributed by atoms with Crippen molar-refractivity contribution in [3.05, 3.63) is 23.2 Å². The van der Waals surface area contributed by atoms with Gasteiger partial charge < -0.3 is 9.73 Å². The summed E-state index contributed by atoms with van der Waals surface area (Å²) >= 11 is 0. The van der Waals surface area contributed by atoms with Gasteiger partial charge in [-0.15, -0.1) is 0 Å². The van der Waals surface area contributed by atoms with Gasteiger partial charge in [0.25, 0.3) is 6.43 Å². The van der Waals surface area contributed by atoms with Crippen molar-refractivity contribution in [1.29, 1.82) is 0 Å². The molecule has 1 fully saturated rings. The number of piperazine rings is 1. The van der Waals surface area contributed by atoms with E-state index in [9.17, 15) is 8.78 Å². The minimum absolute atomic E-state index is 0.386. The summed E-state index contributed by atoms with van der Waals surface area (Å²) in [7, 11) is 0. The van der Waals surface area contributed by atoms with Gasteiger partial charge >= 0.3 is 0 Å². The van der Waals surface area contributed by atoms with E-state index in [1.54, 1.807) is 17.9 Å². The van der Waals surface area contributed by atoms with Gasteiger partial charge in [0.05, 0.1) is 0 Å². The summed E-state index contributed by atoms with van der Waals surface area (Å²) < 4.78 is 31.8. The van der Waals surface area contributed by atoms with Gasteiger partial charge in [0.15, 0.2) is 0 Å². The molecule has 0 bridgehead atoms. The normalized spacial score (nSPS) is 19.8. The highest BCUT2D eigenvalue weighted by molar-refractivity contribution is 5.21. The lowest BCUT2D eigenvalue weighted by atomic mass is 10.1. The summed E-state index contributed by atoms with van der Waals surface area (Å²) in [4.78, 5) is 1.79. The molecule has 0 amide bonds. The van der Waals surface area contributed by atoms with E-state index in [1.807, 2.05) is 6.92 Å². The Morgan fingerprint density at radius 1 is 1.29 bits per heavy atom. The highest BCUT2D eigenvalue weighted by Gasteiger charge is 2.32. The molecular weight excluding hydrogens is 226 g/mol. The lowest BCUT2D eigenvalue weighted by Gasteiger charge is -2.33. The van der Waals surface area contributed by atoms with Crippen molar-refractivity contribution >= 4 is 0 Å². The molecule has 2 heterocycles. The lowest BCUT2D eigenvalue weighted by molar-refractivity contribution is 0.00717. The van der Waals surface area contributed by atoms with Crippen LogP contribution in [0, 0.1) is 13.8 Å². The standard InChI is InChI=1S/C12H18F2N2O/c1-8-7-10(17-9(8)2)11(12(13)14)16-5-3-15-4-6-16/h7,11-12,15H,3-6H2,1-2H3/t11-/m0/s1. The lowest BCUT2D eigenvalue weighted by Crippen LogP contribution is -2.46. The Morgan fingerprint density at radius 2 is 1.94 bits per heavy atom. The third kappa shape index (κ3) is 2.66. The highest BCUT2D eigenvalue weighted by Crippen LogP contribution is 2.30. The maximum atomic E-state index is 13.2. The molecule has 0 radical (unpaired) electrons. The molecule has 1 aliphatic rings. The average Bonchev–Trinajstić information content (AvgIpc) is 2.60. The van der Waals surface area contributed by atoms with Crippen LogP contribution >= 0.6 is 0 Å². The van der Waals surface area contributed by atoms with Crippen LogP contribution in [0.15, 0.2) is 10.5 Å². The van der Waals surface area contributed by atoms with Crippen molar-refractivity contribution in [3.63, 3.8) is 0 Å². The van der Waals surface area contributed by atoms with Crippen molar-refractivity contribution in [2.45, 2.75) is 26.3 Å². The van der Waals surface area contributed by atoms with Crippen LogP contribution < -0.4 is 5.32 Å². The van der Waals surface area contributed by atoms with Crippen molar-refractivity contribution in [1.82, 2.24) is 10.2 Å². The van der Waals surface area contributed by atoms with Crippen LogP contribution in [0.3, 0.4) is 0 Å². The number of furan rings is 1. The third-order valence-electron chi connectivity index (χ3n) is 3.26. The molecule has 1 aromatic heterocycles. The Bertz CT molecular complexity index is 353. The van der Waals surface area contributed by atoms with Crippen LogP contribution in [0.1, 0.15) is 23.1 Å². The first-order valence-corrected chi connectivity index (χ1v) is 5.89. The molecule has 0 unspecified atom stereocenters. The van der Waals surface area contributed by atoms with Gasteiger partial charge in [-0.05, 0) is 25.5 Å². The monoisotopic (exact) mass is 244 g/mol. The van der Waals surface area contributed by atoms with Crippen LogP contribution in [0.25, 0.3) is 0 Å². The first-order chi connectivity index (χ1) is 8.09. The van der Waals surface area contributed by atoms with Gasteiger partial charge in [0.1, 0.15) is 17.6 Å². The number of alkyl halides is 2. The molecule has 1 saturated heterocycles. The number of nitrogens with one attached hydrogen (secondary N) is 1. The molecular formula is C12H18F2N2O. The maximum Gasteiger partial charge on any atom is 0.261 e. The second kappa shape index (κ2) is 5.14. The van der Waals surface area contributed by atoms with E-state index < -0.39 is 12.5 Å². The first-order valence-electron chi connectivity index (χ1n) is 5.89. The molecule has 17 heavy (non-hydrogen) atoms. The van der Waals surface area contributed by atoms with Crippen molar-refractivity contribution in [2.75, 3.05) is 26.2 Å². The number of halogens is 2. The van der Waals surface area contributed by atoms with Crippen LogP contribution in [0.4, 0.5) is 8.78 Å². The van der Waals surface area contributed by atoms with Crippen LogP contribution in [-0.2, 0) is 0 Å². The van der Waals surface area contributed by atoms with Crippen molar-refractivity contribution in [2.24, 2.45) is 0 Å². The maximum absolute atomic E-state index is 13.2. The first kappa shape index (κ1) is 12.5. The smallest absolute Gasteiger partial charge is 0.261 e. The summed E-state index contributed by atoms with van der Waals surface area (Å²) in [5.41, 5.74) is 0.931. The molecule has 0 aromatic carbocycles. The van der Waals surface area contributed by atoms with Gasteiger partial charge in [-0.25, -0.2) is 8.78 Å². The molecule has 0 saturated carbocycles. The van der Waals surface area contributed by atoms with E-state index in [1.165, 1.54) is 0 Å². The average molecular weight is 244 g/mol. The second-order valence-electron chi connectivity index (χ2n) is 4.45. The number of hydrogen-bond acceptors (Lipinski definition) is 3. The minimum atomic E-state index is -2.42. The fraction of sp³-hybridized carbons (Fsp3) is 0.667. The molecule has 5 heteroatoms. The summed E-state index contributed by atoms with van der Waals surface area (Å²) in [5, 5.41) is 3.16. The second-order valence-corrected chi connectivity index (χ2v) is 4.45. The quantitative estimate of drug-likeness (QED) is 0.882. The van der Waals surface area contributed by atoms with Crippen LogP contribution in [0.5, 0.6) is 0 Å². The molecule has 3 nitrogen and oxygen atoms in total. The van der Waals surface area contributed by atoms with Gasteiger partial charge in [-0.2, -0.15) is 0 Å². The Kier molecular flexibility index (Phi) is 3.79. The summed E-state index contributed by atoms with van der Waals surface area (Å²) in [5.74, 6) is 1.11. The SMILES string of the molecule is Cc1cc([C@@H](C(F)F)N2CCNCC2)oc1C. The van der Waals surface area contributed by atoms with Crippen LogP contribution in [0.2, 0.25) is 0 Å². The van der Waals surface area contributed by atoms with Crippen molar-refractivity contribution in [3.8, 4) is 0 Å². The van der Waals surface area contributed by atoms with Crippen LogP contribution in [-0.4, -0.2) is 37.5 Å². The van der Waals surface area contributed by atoms with Gasteiger partial charge in [0.2, 0.25) is 0 Å². The Morgan fingerprint density at radius 3 is 2.41 bits per heavy atom. The predicted octanol–water partition coefficient (Wildman–Crippen LogP) is 2.11. The molecule has 1 aromatic rings. The van der Waals surface area contributed by atoms with E-state index in [0.29, 0.717) is 18.8 Å². The van der Waals surface area contributed by atoms with Crippen molar-refractivity contribution < 1.29 is 13.2 Å². The zero-order valence-corrected chi connectivity index (χ0v) is 10.2. The Hall–Kier alpha value is -0.940. The highest BCUT2D eigenvalue weighted by atomic mass is 19.3. The zero-order valence-electron chi connectivity index (χ0n) is 10.2. The van der Waals surface area contributed by atoms with E-state index in [-0.39, 0.29) is 0 Å². The fourth-order valence-corrected chi connectivity index (χ4v) is 2.17. The summed E-state index contributed by atoms with van der Waals surface area (Å²) in [6.07, 6.45) is -2.42. The van der Waals surface area contributed by atoms with E-state index in [4.69, 9.17) is 4.42 Å². The molecule has 1 aliphatic heterocycles. The molecule has 1 atom stereocenters. The summed E-state index contributed by atoms with van der Waals surface area (Å²) in [6, 6.07) is 0.818.